The van der Waals surface area contributed by atoms with E-state index in [0.717, 1.165) is 36.6 Å². The number of carbonyl (C=O) groups excluding carboxylic acids is 2. The number of anilines is 2. The fourth-order valence-electron chi connectivity index (χ4n) is 4.56. The fourth-order valence-corrected chi connectivity index (χ4v) is 4.56. The second-order valence-electron chi connectivity index (χ2n) is 8.39. The van der Waals surface area contributed by atoms with Gasteiger partial charge in [0.25, 0.3) is 5.91 Å². The maximum absolute atomic E-state index is 13.0. The van der Waals surface area contributed by atoms with Crippen LogP contribution in [0.2, 0.25) is 0 Å². The van der Waals surface area contributed by atoms with Gasteiger partial charge in [-0.15, -0.1) is 0 Å². The van der Waals surface area contributed by atoms with Gasteiger partial charge in [-0.25, -0.2) is 4.98 Å². The van der Waals surface area contributed by atoms with Crippen molar-refractivity contribution in [2.24, 2.45) is 0 Å². The first-order valence-corrected chi connectivity index (χ1v) is 10.9. The lowest BCUT2D eigenvalue weighted by atomic mass is 10.1. The zero-order valence-electron chi connectivity index (χ0n) is 18.5. The highest BCUT2D eigenvalue weighted by Gasteiger charge is 2.32. The molecule has 3 heterocycles. The molecular weight excluding hydrogens is 392 g/mol. The molecule has 7 heteroatoms. The number of rotatable bonds is 5. The number of nitrogens with zero attached hydrogens (tertiary/aromatic N) is 4. The monoisotopic (exact) mass is 422 g/mol. The summed E-state index contributed by atoms with van der Waals surface area (Å²) in [6, 6.07) is 9.59. The van der Waals surface area contributed by atoms with Crippen molar-refractivity contribution in [3.8, 4) is 0 Å². The average Bonchev–Trinajstić information content (AvgIpc) is 3.14. The topological polar surface area (TPSA) is 66.0 Å². The van der Waals surface area contributed by atoms with Crippen molar-refractivity contribution in [2.75, 3.05) is 49.7 Å². The van der Waals surface area contributed by atoms with Crippen molar-refractivity contribution in [2.45, 2.75) is 32.7 Å². The smallest absolute Gasteiger partial charge is 0.253 e. The predicted molar refractivity (Wildman–Crippen MR) is 121 cm³/mol. The highest BCUT2D eigenvalue weighted by molar-refractivity contribution is 5.98. The zero-order chi connectivity index (χ0) is 22.0. The van der Waals surface area contributed by atoms with Gasteiger partial charge in [-0.3, -0.25) is 9.59 Å². The van der Waals surface area contributed by atoms with E-state index < -0.39 is 0 Å². The minimum Gasteiger partial charge on any atom is -0.383 e. The number of pyridine rings is 1. The van der Waals surface area contributed by atoms with E-state index in [1.165, 1.54) is 5.56 Å². The number of hydrogen-bond donors (Lipinski definition) is 0. The Bertz CT molecular complexity index is 952. The Morgan fingerprint density at radius 2 is 1.84 bits per heavy atom. The van der Waals surface area contributed by atoms with Crippen LogP contribution in [0.15, 0.2) is 36.5 Å². The molecule has 2 fully saturated rings. The van der Waals surface area contributed by atoms with Crippen LogP contribution in [-0.4, -0.2) is 67.6 Å². The summed E-state index contributed by atoms with van der Waals surface area (Å²) in [5.74, 6) is 1.14. The van der Waals surface area contributed by atoms with E-state index in [0.29, 0.717) is 31.7 Å². The molecule has 2 saturated heterocycles. The molecule has 1 aromatic carbocycles. The first kappa shape index (κ1) is 21.3. The molecule has 4 rings (SSSR count). The molecule has 0 N–H and O–H groups in total. The second-order valence-corrected chi connectivity index (χ2v) is 8.39. The van der Waals surface area contributed by atoms with Gasteiger partial charge in [0.05, 0.1) is 12.6 Å². The third kappa shape index (κ3) is 4.42. The summed E-state index contributed by atoms with van der Waals surface area (Å²) in [6.07, 6.45) is 3.23. The van der Waals surface area contributed by atoms with Crippen LogP contribution in [0.1, 0.15) is 34.3 Å². The second kappa shape index (κ2) is 9.06. The molecule has 1 aromatic heterocycles. The highest BCUT2D eigenvalue weighted by Crippen LogP contribution is 2.27. The van der Waals surface area contributed by atoms with Gasteiger partial charge >= 0.3 is 0 Å². The molecule has 2 aromatic rings. The Morgan fingerprint density at radius 3 is 2.48 bits per heavy atom. The van der Waals surface area contributed by atoms with E-state index in [2.05, 4.69) is 22.9 Å². The largest absolute Gasteiger partial charge is 0.383 e. The van der Waals surface area contributed by atoms with Crippen LogP contribution in [-0.2, 0) is 9.53 Å². The van der Waals surface area contributed by atoms with Gasteiger partial charge in [-0.1, -0.05) is 6.07 Å². The molecule has 0 bridgehead atoms. The molecule has 2 aliphatic rings. The van der Waals surface area contributed by atoms with Crippen LogP contribution in [0.25, 0.3) is 0 Å². The Balaban J connectivity index is 1.39. The summed E-state index contributed by atoms with van der Waals surface area (Å²) < 4.78 is 5.26. The molecular formula is C24H30N4O3. The normalized spacial score (nSPS) is 19.3. The number of hydrogen-bond acceptors (Lipinski definition) is 5. The highest BCUT2D eigenvalue weighted by atomic mass is 16.5. The van der Waals surface area contributed by atoms with Crippen molar-refractivity contribution in [1.82, 2.24) is 9.88 Å². The van der Waals surface area contributed by atoms with E-state index in [-0.39, 0.29) is 17.9 Å². The molecule has 0 aliphatic carbocycles. The summed E-state index contributed by atoms with van der Waals surface area (Å²) in [7, 11) is 1.65. The van der Waals surface area contributed by atoms with Crippen molar-refractivity contribution in [3.63, 3.8) is 0 Å². The summed E-state index contributed by atoms with van der Waals surface area (Å²) in [5, 5.41) is 0. The van der Waals surface area contributed by atoms with Crippen LogP contribution >= 0.6 is 0 Å². The Hall–Kier alpha value is -2.93. The van der Waals surface area contributed by atoms with Gasteiger partial charge in [-0.2, -0.15) is 0 Å². The van der Waals surface area contributed by atoms with Gasteiger partial charge in [0, 0.05) is 57.2 Å². The van der Waals surface area contributed by atoms with Gasteiger partial charge in [0.15, 0.2) is 0 Å². The van der Waals surface area contributed by atoms with Gasteiger partial charge in [-0.05, 0) is 55.7 Å². The maximum Gasteiger partial charge on any atom is 0.253 e. The summed E-state index contributed by atoms with van der Waals surface area (Å²) in [5.41, 5.74) is 3.80. The summed E-state index contributed by atoms with van der Waals surface area (Å²) in [4.78, 5) is 35.8. The molecule has 0 spiro atoms. The number of piperazine rings is 1. The Labute approximate surface area is 183 Å². The zero-order valence-corrected chi connectivity index (χ0v) is 18.5. The minimum atomic E-state index is 0.0287. The van der Waals surface area contributed by atoms with Gasteiger partial charge in [0.1, 0.15) is 5.82 Å². The maximum atomic E-state index is 13.0. The number of methoxy groups -OCH3 is 1. The molecule has 0 radical (unpaired) electrons. The van der Waals surface area contributed by atoms with Crippen molar-refractivity contribution >= 4 is 23.3 Å². The lowest BCUT2D eigenvalue weighted by Crippen LogP contribution is -2.49. The Morgan fingerprint density at radius 1 is 1.13 bits per heavy atom. The van der Waals surface area contributed by atoms with Crippen LogP contribution in [0.3, 0.4) is 0 Å². The lowest BCUT2D eigenvalue weighted by molar-refractivity contribution is -0.117. The van der Waals surface area contributed by atoms with E-state index in [1.54, 1.807) is 12.0 Å². The van der Waals surface area contributed by atoms with Crippen LogP contribution in [0.4, 0.5) is 11.5 Å². The first-order valence-electron chi connectivity index (χ1n) is 10.9. The number of amides is 2. The quantitative estimate of drug-likeness (QED) is 0.741. The van der Waals surface area contributed by atoms with E-state index >= 15 is 0 Å². The molecule has 7 nitrogen and oxygen atoms in total. The molecule has 2 aliphatic heterocycles. The first-order chi connectivity index (χ1) is 15.0. The number of ether oxygens (including phenoxy) is 1. The molecule has 1 unspecified atom stereocenters. The van der Waals surface area contributed by atoms with Crippen LogP contribution in [0.5, 0.6) is 0 Å². The third-order valence-electron chi connectivity index (χ3n) is 6.13. The number of carbonyl (C=O) groups is 2. The SMILES string of the molecule is COCC1CCC(=O)N1c1ccc(C(=O)N2CCN(c3ncc(C)cc3C)CC2)cc1. The molecule has 2 amide bonds. The minimum absolute atomic E-state index is 0.0287. The number of benzene rings is 1. The van der Waals surface area contributed by atoms with E-state index in [1.807, 2.05) is 42.3 Å². The van der Waals surface area contributed by atoms with Gasteiger partial charge in [0.2, 0.25) is 5.91 Å². The average molecular weight is 423 g/mol. The molecule has 31 heavy (non-hydrogen) atoms. The fraction of sp³-hybridized carbons (Fsp3) is 0.458. The van der Waals surface area contributed by atoms with E-state index in [9.17, 15) is 9.59 Å². The predicted octanol–water partition coefficient (Wildman–Crippen LogP) is 2.80. The third-order valence-corrected chi connectivity index (χ3v) is 6.13. The standard InChI is InChI=1S/C24H30N4O3/c1-17-14-18(2)23(25-15-17)26-10-12-27(13-11-26)24(30)19-4-6-20(7-5-19)28-21(16-31-3)8-9-22(28)29/h4-7,14-15,21H,8-13,16H2,1-3H3. The molecule has 0 saturated carbocycles. The summed E-state index contributed by atoms with van der Waals surface area (Å²) >= 11 is 0. The van der Waals surface area contributed by atoms with Crippen molar-refractivity contribution in [1.29, 1.82) is 0 Å². The Kier molecular flexibility index (Phi) is 6.23. The van der Waals surface area contributed by atoms with Crippen LogP contribution in [0, 0.1) is 13.8 Å². The molecule has 164 valence electrons. The van der Waals surface area contributed by atoms with Crippen molar-refractivity contribution < 1.29 is 14.3 Å². The van der Waals surface area contributed by atoms with Crippen LogP contribution < -0.4 is 9.80 Å². The summed E-state index contributed by atoms with van der Waals surface area (Å²) in [6.45, 7) is 7.50. The van der Waals surface area contributed by atoms with E-state index in [4.69, 9.17) is 4.74 Å². The van der Waals surface area contributed by atoms with Gasteiger partial charge < -0.3 is 19.4 Å². The lowest BCUT2D eigenvalue weighted by Gasteiger charge is -2.36. The van der Waals surface area contributed by atoms with Crippen molar-refractivity contribution in [3.05, 3.63) is 53.2 Å². The number of aromatic nitrogens is 1. The number of aryl methyl sites for hydroxylation is 2. The molecule has 1 atom stereocenters.